The van der Waals surface area contributed by atoms with Crippen LogP contribution in [0.2, 0.25) is 5.02 Å². The Hall–Kier alpha value is -2.40. The third-order valence-corrected chi connectivity index (χ3v) is 4.33. The van der Waals surface area contributed by atoms with Gasteiger partial charge >= 0.3 is 0 Å². The smallest absolute Gasteiger partial charge is 0.258 e. The van der Waals surface area contributed by atoms with Crippen LogP contribution in [-0.4, -0.2) is 33.8 Å². The molecule has 2 aromatic rings. The molecule has 1 aliphatic heterocycles. The van der Waals surface area contributed by atoms with E-state index in [9.17, 15) is 4.79 Å². The van der Waals surface area contributed by atoms with Gasteiger partial charge in [0.15, 0.2) is 11.5 Å². The summed E-state index contributed by atoms with van der Waals surface area (Å²) in [7, 11) is 4.58. The van der Waals surface area contributed by atoms with Gasteiger partial charge in [-0.05, 0) is 42.3 Å². The van der Waals surface area contributed by atoms with Crippen molar-refractivity contribution >= 4 is 23.2 Å². The highest BCUT2D eigenvalue weighted by atomic mass is 35.5. The van der Waals surface area contributed by atoms with Crippen molar-refractivity contribution in [2.24, 2.45) is 0 Å². The molecule has 2 aromatic carbocycles. The molecule has 0 N–H and O–H groups in total. The molecule has 24 heavy (non-hydrogen) atoms. The lowest BCUT2D eigenvalue weighted by Gasteiger charge is -2.19. The number of ether oxygens (including phenoxy) is 3. The van der Waals surface area contributed by atoms with Crippen LogP contribution >= 0.6 is 11.6 Å². The maximum Gasteiger partial charge on any atom is 0.258 e. The second-order valence-electron chi connectivity index (χ2n) is 5.39. The topological polar surface area (TPSA) is 48.0 Å². The summed E-state index contributed by atoms with van der Waals surface area (Å²) in [5, 5.41) is 0.677. The van der Waals surface area contributed by atoms with Crippen molar-refractivity contribution in [2.75, 3.05) is 32.8 Å². The van der Waals surface area contributed by atoms with Crippen LogP contribution in [0.4, 0.5) is 5.69 Å². The fraction of sp³-hybridized carbons (Fsp3) is 0.278. The number of anilines is 1. The Bertz CT molecular complexity index is 766. The van der Waals surface area contributed by atoms with Crippen molar-refractivity contribution in [3.8, 4) is 17.2 Å². The molecule has 1 aliphatic rings. The number of carbonyl (C=O) groups is 1. The summed E-state index contributed by atoms with van der Waals surface area (Å²) >= 11 is 6.03. The maximum absolute atomic E-state index is 13.0. The number of fused-ring (bicyclic) bond motifs is 1. The molecule has 0 spiro atoms. The first-order chi connectivity index (χ1) is 11.6. The molecule has 3 rings (SSSR count). The predicted molar refractivity (Wildman–Crippen MR) is 92.9 cm³/mol. The predicted octanol–water partition coefficient (Wildman–Crippen LogP) is 3.57. The van der Waals surface area contributed by atoms with E-state index in [0.29, 0.717) is 34.4 Å². The molecule has 0 bridgehead atoms. The highest BCUT2D eigenvalue weighted by Crippen LogP contribution is 2.39. The quantitative estimate of drug-likeness (QED) is 0.848. The molecule has 6 heteroatoms. The number of methoxy groups -OCH3 is 3. The Morgan fingerprint density at radius 1 is 1.04 bits per heavy atom. The SMILES string of the molecule is COc1cc(C(=O)N2CCc3cc(Cl)ccc32)cc(OC)c1OC. The van der Waals surface area contributed by atoms with Crippen molar-refractivity contribution in [3.63, 3.8) is 0 Å². The van der Waals surface area contributed by atoms with Crippen molar-refractivity contribution in [2.45, 2.75) is 6.42 Å². The Labute approximate surface area is 145 Å². The molecular formula is C18H18ClNO4. The number of amides is 1. The summed E-state index contributed by atoms with van der Waals surface area (Å²) in [6.07, 6.45) is 0.784. The van der Waals surface area contributed by atoms with Crippen LogP contribution in [0.1, 0.15) is 15.9 Å². The fourth-order valence-electron chi connectivity index (χ4n) is 2.94. The third kappa shape index (κ3) is 2.76. The minimum Gasteiger partial charge on any atom is -0.493 e. The van der Waals surface area contributed by atoms with Gasteiger partial charge < -0.3 is 19.1 Å². The first-order valence-electron chi connectivity index (χ1n) is 7.49. The van der Waals surface area contributed by atoms with Crippen LogP contribution in [0.3, 0.4) is 0 Å². The van der Waals surface area contributed by atoms with Crippen LogP contribution < -0.4 is 19.1 Å². The average Bonchev–Trinajstić information content (AvgIpc) is 3.02. The van der Waals surface area contributed by atoms with Gasteiger partial charge in [0.05, 0.1) is 21.3 Å². The second-order valence-corrected chi connectivity index (χ2v) is 5.83. The van der Waals surface area contributed by atoms with Crippen molar-refractivity contribution in [1.82, 2.24) is 0 Å². The number of halogens is 1. The number of carbonyl (C=O) groups excluding carboxylic acids is 1. The fourth-order valence-corrected chi connectivity index (χ4v) is 3.14. The average molecular weight is 348 g/mol. The molecule has 0 radical (unpaired) electrons. The molecule has 1 amide bonds. The van der Waals surface area contributed by atoms with E-state index in [2.05, 4.69) is 0 Å². The van der Waals surface area contributed by atoms with Gasteiger partial charge in [-0.15, -0.1) is 0 Å². The Morgan fingerprint density at radius 3 is 2.29 bits per heavy atom. The van der Waals surface area contributed by atoms with Gasteiger partial charge in [-0.1, -0.05) is 11.6 Å². The van der Waals surface area contributed by atoms with Gasteiger partial charge in [0, 0.05) is 22.8 Å². The van der Waals surface area contributed by atoms with Gasteiger partial charge in [-0.2, -0.15) is 0 Å². The zero-order chi connectivity index (χ0) is 17.3. The van der Waals surface area contributed by atoms with Gasteiger partial charge in [0.2, 0.25) is 5.75 Å². The van der Waals surface area contributed by atoms with E-state index in [1.165, 1.54) is 21.3 Å². The Balaban J connectivity index is 2.00. The summed E-state index contributed by atoms with van der Waals surface area (Å²) in [5.41, 5.74) is 2.44. The lowest BCUT2D eigenvalue weighted by atomic mass is 10.1. The summed E-state index contributed by atoms with van der Waals surface area (Å²) in [5.74, 6) is 1.26. The monoisotopic (exact) mass is 347 g/mol. The third-order valence-electron chi connectivity index (χ3n) is 4.09. The lowest BCUT2D eigenvalue weighted by molar-refractivity contribution is 0.0988. The molecule has 0 saturated carbocycles. The van der Waals surface area contributed by atoms with Crippen molar-refractivity contribution < 1.29 is 19.0 Å². The van der Waals surface area contributed by atoms with Crippen molar-refractivity contribution in [3.05, 3.63) is 46.5 Å². The van der Waals surface area contributed by atoms with Crippen LogP contribution in [0.5, 0.6) is 17.2 Å². The Kier molecular flexibility index (Phi) is 4.53. The molecule has 1 heterocycles. The van der Waals surface area contributed by atoms with E-state index >= 15 is 0 Å². The van der Waals surface area contributed by atoms with Gasteiger partial charge in [0.25, 0.3) is 5.91 Å². The number of nitrogens with zero attached hydrogens (tertiary/aromatic N) is 1. The van der Waals surface area contributed by atoms with Crippen LogP contribution in [0, 0.1) is 0 Å². The first kappa shape index (κ1) is 16.5. The molecule has 0 unspecified atom stereocenters. The highest BCUT2D eigenvalue weighted by molar-refractivity contribution is 6.30. The van der Waals surface area contributed by atoms with E-state index in [4.69, 9.17) is 25.8 Å². The van der Waals surface area contributed by atoms with Gasteiger partial charge in [-0.25, -0.2) is 0 Å². The number of rotatable bonds is 4. The number of benzene rings is 2. The molecule has 0 saturated heterocycles. The van der Waals surface area contributed by atoms with Crippen LogP contribution in [0.25, 0.3) is 0 Å². The first-order valence-corrected chi connectivity index (χ1v) is 7.87. The number of hydrogen-bond donors (Lipinski definition) is 0. The normalized spacial score (nSPS) is 12.8. The van der Waals surface area contributed by atoms with E-state index in [1.54, 1.807) is 23.1 Å². The largest absolute Gasteiger partial charge is 0.493 e. The molecular weight excluding hydrogens is 330 g/mol. The lowest BCUT2D eigenvalue weighted by Crippen LogP contribution is -2.28. The summed E-state index contributed by atoms with van der Waals surface area (Å²) in [6.45, 7) is 0.616. The molecule has 0 fully saturated rings. The molecule has 0 aromatic heterocycles. The van der Waals surface area contributed by atoms with E-state index in [0.717, 1.165) is 17.7 Å². The number of hydrogen-bond acceptors (Lipinski definition) is 4. The standard InChI is InChI=1S/C18H18ClNO4/c1-22-15-9-12(10-16(23-2)17(15)24-3)18(21)20-7-6-11-8-13(19)4-5-14(11)20/h4-5,8-10H,6-7H2,1-3H3. The van der Waals surface area contributed by atoms with Crippen LogP contribution in [0.15, 0.2) is 30.3 Å². The highest BCUT2D eigenvalue weighted by Gasteiger charge is 2.27. The maximum atomic E-state index is 13.0. The minimum atomic E-state index is -0.115. The summed E-state index contributed by atoms with van der Waals surface area (Å²) in [4.78, 5) is 14.7. The summed E-state index contributed by atoms with van der Waals surface area (Å²) < 4.78 is 15.9. The van der Waals surface area contributed by atoms with Gasteiger partial charge in [0.1, 0.15) is 0 Å². The van der Waals surface area contributed by atoms with Gasteiger partial charge in [-0.3, -0.25) is 4.79 Å². The Morgan fingerprint density at radius 2 is 1.71 bits per heavy atom. The van der Waals surface area contributed by atoms with E-state index in [1.807, 2.05) is 12.1 Å². The molecule has 0 atom stereocenters. The molecule has 0 aliphatic carbocycles. The minimum absolute atomic E-state index is 0.115. The van der Waals surface area contributed by atoms with E-state index < -0.39 is 0 Å². The summed E-state index contributed by atoms with van der Waals surface area (Å²) in [6, 6.07) is 8.90. The van der Waals surface area contributed by atoms with Crippen molar-refractivity contribution in [1.29, 1.82) is 0 Å². The molecule has 126 valence electrons. The zero-order valence-corrected chi connectivity index (χ0v) is 14.5. The second kappa shape index (κ2) is 6.61. The van der Waals surface area contributed by atoms with E-state index in [-0.39, 0.29) is 5.91 Å². The van der Waals surface area contributed by atoms with Crippen LogP contribution in [-0.2, 0) is 6.42 Å². The molecule has 5 nitrogen and oxygen atoms in total. The zero-order valence-electron chi connectivity index (χ0n) is 13.8.